The van der Waals surface area contributed by atoms with Crippen molar-refractivity contribution in [1.82, 2.24) is 14.9 Å². The fourth-order valence-corrected chi connectivity index (χ4v) is 2.42. The van der Waals surface area contributed by atoms with Crippen molar-refractivity contribution in [2.45, 2.75) is 20.4 Å². The number of imidazole rings is 1. The number of benzene rings is 1. The van der Waals surface area contributed by atoms with Gasteiger partial charge in [-0.05, 0) is 36.3 Å². The first-order valence-corrected chi connectivity index (χ1v) is 7.32. The van der Waals surface area contributed by atoms with Gasteiger partial charge in [-0.1, -0.05) is 29.8 Å². The zero-order valence-corrected chi connectivity index (χ0v) is 13.3. The van der Waals surface area contributed by atoms with Gasteiger partial charge in [-0.25, -0.2) is 0 Å². The maximum Gasteiger partial charge on any atom is 0.240 e. The molecule has 0 saturated heterocycles. The maximum atomic E-state index is 11.9. The lowest BCUT2D eigenvalue weighted by Crippen LogP contribution is -2.30. The highest BCUT2D eigenvalue weighted by Gasteiger charge is 2.09. The van der Waals surface area contributed by atoms with E-state index in [1.807, 2.05) is 22.8 Å². The Morgan fingerprint density at radius 2 is 2.26 bits per heavy atom. The van der Waals surface area contributed by atoms with Crippen LogP contribution in [0.25, 0.3) is 11.0 Å². The number of carbonyl (C=O) groups is 1. The van der Waals surface area contributed by atoms with Crippen LogP contribution in [-0.4, -0.2) is 22.0 Å². The molecule has 2 N–H and O–H groups in total. The van der Waals surface area contributed by atoms with E-state index < -0.39 is 0 Å². The molecule has 102 valence electrons. The van der Waals surface area contributed by atoms with Crippen LogP contribution in [0.2, 0.25) is 0 Å². The van der Waals surface area contributed by atoms with Crippen LogP contribution in [0.15, 0.2) is 22.7 Å². The zero-order chi connectivity index (χ0) is 14.0. The standard InChI is InChI=1S/C13H16BrN3OS/c1-8(2)6-15-12(18)7-17-11-5-9(14)3-4-10(11)16-13(17)19/h3-5,8H,6-7H2,1-2H3,(H,15,18)(H,16,19). The van der Waals surface area contributed by atoms with Crippen LogP contribution in [0.1, 0.15) is 13.8 Å². The molecule has 19 heavy (non-hydrogen) atoms. The number of aromatic nitrogens is 2. The predicted octanol–water partition coefficient (Wildman–Crippen LogP) is 3.23. The van der Waals surface area contributed by atoms with Gasteiger partial charge in [-0.15, -0.1) is 0 Å². The Hall–Kier alpha value is -1.14. The normalized spacial score (nSPS) is 11.2. The van der Waals surface area contributed by atoms with Gasteiger partial charge in [0.2, 0.25) is 5.91 Å². The van der Waals surface area contributed by atoms with Gasteiger partial charge in [0, 0.05) is 11.0 Å². The largest absolute Gasteiger partial charge is 0.354 e. The number of hydrogen-bond acceptors (Lipinski definition) is 2. The van der Waals surface area contributed by atoms with Crippen LogP contribution in [0.3, 0.4) is 0 Å². The molecule has 0 unspecified atom stereocenters. The van der Waals surface area contributed by atoms with Crippen LogP contribution in [0.5, 0.6) is 0 Å². The molecular formula is C13H16BrN3OS. The van der Waals surface area contributed by atoms with E-state index in [9.17, 15) is 4.79 Å². The number of fused-ring (bicyclic) bond motifs is 1. The molecule has 0 spiro atoms. The molecule has 0 saturated carbocycles. The molecule has 6 heteroatoms. The van der Waals surface area contributed by atoms with Gasteiger partial charge in [0.25, 0.3) is 0 Å². The third kappa shape index (κ3) is 3.45. The molecule has 0 radical (unpaired) electrons. The summed E-state index contributed by atoms with van der Waals surface area (Å²) in [6.45, 7) is 5.05. The lowest BCUT2D eigenvalue weighted by atomic mass is 10.2. The van der Waals surface area contributed by atoms with E-state index in [1.54, 1.807) is 0 Å². The van der Waals surface area contributed by atoms with Crippen molar-refractivity contribution >= 4 is 45.1 Å². The third-order valence-electron chi connectivity index (χ3n) is 2.75. The SMILES string of the molecule is CC(C)CNC(=O)Cn1c(=S)[nH]c2ccc(Br)cc21. The summed E-state index contributed by atoms with van der Waals surface area (Å²) in [6, 6.07) is 5.84. The number of nitrogens with zero attached hydrogens (tertiary/aromatic N) is 1. The molecule has 0 bridgehead atoms. The van der Waals surface area contributed by atoms with Crippen molar-refractivity contribution in [3.63, 3.8) is 0 Å². The summed E-state index contributed by atoms with van der Waals surface area (Å²) in [5.74, 6) is 0.416. The van der Waals surface area contributed by atoms with Crippen molar-refractivity contribution < 1.29 is 4.79 Å². The molecular weight excluding hydrogens is 326 g/mol. The molecule has 0 aliphatic heterocycles. The smallest absolute Gasteiger partial charge is 0.240 e. The van der Waals surface area contributed by atoms with E-state index in [4.69, 9.17) is 12.2 Å². The summed E-state index contributed by atoms with van der Waals surface area (Å²) in [4.78, 5) is 15.0. The van der Waals surface area contributed by atoms with Gasteiger partial charge in [0.15, 0.2) is 4.77 Å². The molecule has 0 atom stereocenters. The van der Waals surface area contributed by atoms with Gasteiger partial charge in [-0.2, -0.15) is 0 Å². The Morgan fingerprint density at radius 3 is 2.95 bits per heavy atom. The summed E-state index contributed by atoms with van der Waals surface area (Å²) < 4.78 is 3.34. The fourth-order valence-electron chi connectivity index (χ4n) is 1.80. The highest BCUT2D eigenvalue weighted by atomic mass is 79.9. The summed E-state index contributed by atoms with van der Waals surface area (Å²) in [7, 11) is 0. The van der Waals surface area contributed by atoms with E-state index in [1.165, 1.54) is 0 Å². The lowest BCUT2D eigenvalue weighted by molar-refractivity contribution is -0.121. The molecule has 1 amide bonds. The second kappa shape index (κ2) is 5.88. The summed E-state index contributed by atoms with van der Waals surface area (Å²) >= 11 is 8.69. The first-order chi connectivity index (χ1) is 8.97. The van der Waals surface area contributed by atoms with Crippen molar-refractivity contribution in [1.29, 1.82) is 0 Å². The minimum Gasteiger partial charge on any atom is -0.354 e. The molecule has 4 nitrogen and oxygen atoms in total. The summed E-state index contributed by atoms with van der Waals surface area (Å²) in [6.07, 6.45) is 0. The van der Waals surface area contributed by atoms with E-state index >= 15 is 0 Å². The highest BCUT2D eigenvalue weighted by Crippen LogP contribution is 2.19. The van der Waals surface area contributed by atoms with Crippen molar-refractivity contribution in [2.75, 3.05) is 6.54 Å². The van der Waals surface area contributed by atoms with Crippen molar-refractivity contribution in [3.8, 4) is 0 Å². The molecule has 1 aromatic carbocycles. The van der Waals surface area contributed by atoms with Gasteiger partial charge in [0.1, 0.15) is 6.54 Å². The van der Waals surface area contributed by atoms with E-state index in [2.05, 4.69) is 40.1 Å². The predicted molar refractivity (Wildman–Crippen MR) is 82.7 cm³/mol. The lowest BCUT2D eigenvalue weighted by Gasteiger charge is -2.08. The number of hydrogen-bond donors (Lipinski definition) is 2. The maximum absolute atomic E-state index is 11.9. The van der Waals surface area contributed by atoms with Crippen LogP contribution < -0.4 is 5.32 Å². The van der Waals surface area contributed by atoms with Crippen LogP contribution in [0, 0.1) is 10.7 Å². The fraction of sp³-hybridized carbons (Fsp3) is 0.385. The Kier molecular flexibility index (Phi) is 4.42. The second-order valence-electron chi connectivity index (χ2n) is 4.88. The average molecular weight is 342 g/mol. The molecule has 0 fully saturated rings. The number of carbonyl (C=O) groups excluding carboxylic acids is 1. The van der Waals surface area contributed by atoms with Crippen molar-refractivity contribution in [2.24, 2.45) is 5.92 Å². The van der Waals surface area contributed by atoms with Gasteiger partial charge >= 0.3 is 0 Å². The summed E-state index contributed by atoms with van der Waals surface area (Å²) in [5, 5.41) is 2.90. The molecule has 1 heterocycles. The number of H-pyrrole nitrogens is 1. The minimum atomic E-state index is -0.0225. The van der Waals surface area contributed by atoms with Crippen LogP contribution >= 0.6 is 28.1 Å². The molecule has 2 rings (SSSR count). The number of amides is 1. The number of aromatic amines is 1. The second-order valence-corrected chi connectivity index (χ2v) is 6.18. The van der Waals surface area contributed by atoms with Gasteiger partial charge < -0.3 is 14.9 Å². The third-order valence-corrected chi connectivity index (χ3v) is 3.56. The van der Waals surface area contributed by atoms with E-state index in [0.29, 0.717) is 17.2 Å². The highest BCUT2D eigenvalue weighted by molar-refractivity contribution is 9.10. The van der Waals surface area contributed by atoms with Gasteiger partial charge in [0.05, 0.1) is 11.0 Å². The Bertz CT molecular complexity index is 659. The minimum absolute atomic E-state index is 0.0225. The Balaban J connectivity index is 2.25. The Labute approximate surface area is 125 Å². The summed E-state index contributed by atoms with van der Waals surface area (Å²) in [5.41, 5.74) is 1.86. The number of halogens is 1. The molecule has 0 aliphatic rings. The van der Waals surface area contributed by atoms with Crippen LogP contribution in [-0.2, 0) is 11.3 Å². The topological polar surface area (TPSA) is 49.8 Å². The van der Waals surface area contributed by atoms with Crippen LogP contribution in [0.4, 0.5) is 0 Å². The van der Waals surface area contributed by atoms with E-state index in [0.717, 1.165) is 15.5 Å². The average Bonchev–Trinajstić information content (AvgIpc) is 2.63. The quantitative estimate of drug-likeness (QED) is 0.838. The van der Waals surface area contributed by atoms with Gasteiger partial charge in [-0.3, -0.25) is 4.79 Å². The molecule has 1 aromatic heterocycles. The monoisotopic (exact) mass is 341 g/mol. The first kappa shape index (κ1) is 14.3. The molecule has 0 aliphatic carbocycles. The zero-order valence-electron chi connectivity index (χ0n) is 10.9. The number of nitrogens with one attached hydrogen (secondary N) is 2. The molecule has 2 aromatic rings. The first-order valence-electron chi connectivity index (χ1n) is 6.12. The number of rotatable bonds is 4. The van der Waals surface area contributed by atoms with Crippen molar-refractivity contribution in [3.05, 3.63) is 27.4 Å². The van der Waals surface area contributed by atoms with E-state index in [-0.39, 0.29) is 12.5 Å². The Morgan fingerprint density at radius 1 is 1.53 bits per heavy atom.